The minimum absolute atomic E-state index is 0.0523. The van der Waals surface area contributed by atoms with Gasteiger partial charge in [0.25, 0.3) is 5.56 Å². The van der Waals surface area contributed by atoms with Crippen molar-refractivity contribution in [2.45, 2.75) is 64.1 Å². The summed E-state index contributed by atoms with van der Waals surface area (Å²) in [6, 6.07) is 11.0. The van der Waals surface area contributed by atoms with Crippen LogP contribution in [0.4, 0.5) is 4.79 Å². The Kier molecular flexibility index (Phi) is 5.22. The van der Waals surface area contributed by atoms with Gasteiger partial charge >= 0.3 is 6.09 Å². The number of carbonyl (C=O) groups excluding carboxylic acids is 1. The van der Waals surface area contributed by atoms with Crippen molar-refractivity contribution < 1.29 is 9.53 Å². The standard InChI is InChI=1S/C21H25N3O3/c1-21(2,3)27-20(26)23-16-7-9-17(10-8-16)24-18-12-14(13-22)4-5-15(18)6-11-19(24)25/h4-6,11-12,16-17H,7-10H2,1-3H3,(H,23,26). The number of hydrogen-bond acceptors (Lipinski definition) is 4. The molecule has 0 saturated heterocycles. The zero-order chi connectivity index (χ0) is 19.6. The Morgan fingerprint density at radius 1 is 1.19 bits per heavy atom. The van der Waals surface area contributed by atoms with Gasteiger partial charge < -0.3 is 14.6 Å². The van der Waals surface area contributed by atoms with Crippen LogP contribution in [-0.2, 0) is 4.74 Å². The molecule has 142 valence electrons. The van der Waals surface area contributed by atoms with Gasteiger partial charge in [-0.3, -0.25) is 4.79 Å². The molecule has 0 aliphatic heterocycles. The fourth-order valence-corrected chi connectivity index (χ4v) is 3.65. The third kappa shape index (κ3) is 4.48. The lowest BCUT2D eigenvalue weighted by Gasteiger charge is -2.31. The molecule has 1 amide bonds. The van der Waals surface area contributed by atoms with E-state index in [1.807, 2.05) is 26.8 Å². The van der Waals surface area contributed by atoms with Crippen molar-refractivity contribution in [1.29, 1.82) is 5.26 Å². The summed E-state index contributed by atoms with van der Waals surface area (Å²) in [6.45, 7) is 5.52. The summed E-state index contributed by atoms with van der Waals surface area (Å²) in [7, 11) is 0. The van der Waals surface area contributed by atoms with Crippen LogP contribution in [-0.4, -0.2) is 22.3 Å². The molecule has 1 aromatic carbocycles. The molecule has 2 aromatic rings. The SMILES string of the molecule is CC(C)(C)OC(=O)NC1CCC(n2c(=O)ccc3ccc(C#N)cc32)CC1. The molecule has 27 heavy (non-hydrogen) atoms. The predicted octanol–water partition coefficient (Wildman–Crippen LogP) is 3.88. The van der Waals surface area contributed by atoms with Crippen LogP contribution in [0, 0.1) is 11.3 Å². The number of rotatable bonds is 2. The molecule has 1 aliphatic rings. The lowest BCUT2D eigenvalue weighted by Crippen LogP contribution is -2.41. The molecular weight excluding hydrogens is 342 g/mol. The average molecular weight is 367 g/mol. The topological polar surface area (TPSA) is 84.1 Å². The highest BCUT2D eigenvalue weighted by Crippen LogP contribution is 2.30. The first-order valence-electron chi connectivity index (χ1n) is 9.32. The number of nitrogens with zero attached hydrogens (tertiary/aromatic N) is 2. The van der Waals surface area contributed by atoms with E-state index in [9.17, 15) is 14.9 Å². The largest absolute Gasteiger partial charge is 0.444 e. The molecule has 0 spiro atoms. The molecule has 0 radical (unpaired) electrons. The van der Waals surface area contributed by atoms with Crippen molar-refractivity contribution in [2.24, 2.45) is 0 Å². The first-order valence-corrected chi connectivity index (χ1v) is 9.32. The molecule has 1 aliphatic carbocycles. The number of carbonyl (C=O) groups is 1. The molecule has 6 nitrogen and oxygen atoms in total. The zero-order valence-electron chi connectivity index (χ0n) is 16.0. The summed E-state index contributed by atoms with van der Waals surface area (Å²) >= 11 is 0. The highest BCUT2D eigenvalue weighted by atomic mass is 16.6. The molecule has 0 atom stereocenters. The van der Waals surface area contributed by atoms with E-state index in [2.05, 4.69) is 11.4 Å². The third-order valence-corrected chi connectivity index (χ3v) is 4.84. The zero-order valence-corrected chi connectivity index (χ0v) is 16.0. The first-order chi connectivity index (χ1) is 12.8. The van der Waals surface area contributed by atoms with Crippen LogP contribution in [0.2, 0.25) is 0 Å². The average Bonchev–Trinajstić information content (AvgIpc) is 2.60. The summed E-state index contributed by atoms with van der Waals surface area (Å²) in [6.07, 6.45) is 2.74. The van der Waals surface area contributed by atoms with Gasteiger partial charge in [0.15, 0.2) is 0 Å². The van der Waals surface area contributed by atoms with Crippen molar-refractivity contribution in [3.63, 3.8) is 0 Å². The number of pyridine rings is 1. The smallest absolute Gasteiger partial charge is 0.407 e. The van der Waals surface area contributed by atoms with Crippen molar-refractivity contribution >= 4 is 17.0 Å². The molecule has 1 aromatic heterocycles. The minimum atomic E-state index is -0.518. The van der Waals surface area contributed by atoms with E-state index in [-0.39, 0.29) is 17.6 Å². The number of alkyl carbamates (subject to hydrolysis) is 1. The second kappa shape index (κ2) is 7.43. The van der Waals surface area contributed by atoms with E-state index in [1.165, 1.54) is 0 Å². The molecule has 0 unspecified atom stereocenters. The van der Waals surface area contributed by atoms with Gasteiger partial charge in [-0.2, -0.15) is 5.26 Å². The van der Waals surface area contributed by atoms with Crippen LogP contribution in [0.25, 0.3) is 10.9 Å². The Balaban J connectivity index is 1.75. The van der Waals surface area contributed by atoms with Gasteiger partial charge in [0, 0.05) is 18.2 Å². The molecule has 1 fully saturated rings. The Labute approximate surface area is 158 Å². The number of hydrogen-bond donors (Lipinski definition) is 1. The van der Waals surface area contributed by atoms with E-state index >= 15 is 0 Å². The monoisotopic (exact) mass is 367 g/mol. The number of benzene rings is 1. The summed E-state index contributed by atoms with van der Waals surface area (Å²) in [4.78, 5) is 24.5. The van der Waals surface area contributed by atoms with E-state index in [0.717, 1.165) is 36.6 Å². The van der Waals surface area contributed by atoms with E-state index in [1.54, 1.807) is 28.8 Å². The van der Waals surface area contributed by atoms with Crippen molar-refractivity contribution in [1.82, 2.24) is 9.88 Å². The minimum Gasteiger partial charge on any atom is -0.444 e. The number of ether oxygens (including phenoxy) is 1. The van der Waals surface area contributed by atoms with Gasteiger partial charge in [-0.25, -0.2) is 4.79 Å². The van der Waals surface area contributed by atoms with E-state index < -0.39 is 11.7 Å². The maximum atomic E-state index is 12.5. The molecular formula is C21H25N3O3. The molecule has 1 heterocycles. The second-order valence-corrected chi connectivity index (χ2v) is 8.08. The van der Waals surface area contributed by atoms with Crippen molar-refractivity contribution in [2.75, 3.05) is 0 Å². The Bertz CT molecular complexity index is 942. The Hall–Kier alpha value is -2.81. The van der Waals surface area contributed by atoms with Crippen LogP contribution in [0.3, 0.4) is 0 Å². The van der Waals surface area contributed by atoms with Crippen molar-refractivity contribution in [3.05, 3.63) is 46.2 Å². The van der Waals surface area contributed by atoms with Gasteiger partial charge in [0.1, 0.15) is 5.60 Å². The first kappa shape index (κ1) is 19.0. The highest BCUT2D eigenvalue weighted by molar-refractivity contribution is 5.80. The Morgan fingerprint density at radius 2 is 1.85 bits per heavy atom. The number of fused-ring (bicyclic) bond motifs is 1. The van der Waals surface area contributed by atoms with Gasteiger partial charge in [-0.05, 0) is 70.0 Å². The summed E-state index contributed by atoms with van der Waals surface area (Å²) in [5, 5.41) is 13.1. The fourth-order valence-electron chi connectivity index (χ4n) is 3.65. The van der Waals surface area contributed by atoms with Crippen LogP contribution in [0.5, 0.6) is 0 Å². The predicted molar refractivity (Wildman–Crippen MR) is 104 cm³/mol. The Morgan fingerprint density at radius 3 is 2.48 bits per heavy atom. The number of nitriles is 1. The third-order valence-electron chi connectivity index (χ3n) is 4.84. The van der Waals surface area contributed by atoms with Crippen LogP contribution in [0.15, 0.2) is 35.1 Å². The highest BCUT2D eigenvalue weighted by Gasteiger charge is 2.26. The second-order valence-electron chi connectivity index (χ2n) is 8.08. The van der Waals surface area contributed by atoms with Crippen LogP contribution in [0.1, 0.15) is 58.1 Å². The lowest BCUT2D eigenvalue weighted by atomic mass is 9.90. The normalized spacial score (nSPS) is 20.1. The van der Waals surface area contributed by atoms with Gasteiger partial charge in [-0.1, -0.05) is 6.07 Å². The maximum absolute atomic E-state index is 12.5. The summed E-state index contributed by atoms with van der Waals surface area (Å²) < 4.78 is 7.12. The van der Waals surface area contributed by atoms with Gasteiger partial charge in [0.05, 0.1) is 17.1 Å². The fraction of sp³-hybridized carbons (Fsp3) is 0.476. The summed E-state index contributed by atoms with van der Waals surface area (Å²) in [5.74, 6) is 0. The van der Waals surface area contributed by atoms with Crippen molar-refractivity contribution in [3.8, 4) is 6.07 Å². The number of aromatic nitrogens is 1. The van der Waals surface area contributed by atoms with E-state index in [4.69, 9.17) is 4.74 Å². The molecule has 6 heteroatoms. The molecule has 3 rings (SSSR count). The van der Waals surface area contributed by atoms with Crippen LogP contribution < -0.4 is 10.9 Å². The molecule has 1 saturated carbocycles. The van der Waals surface area contributed by atoms with Gasteiger partial charge in [-0.15, -0.1) is 0 Å². The van der Waals surface area contributed by atoms with Gasteiger partial charge in [0.2, 0.25) is 0 Å². The molecule has 1 N–H and O–H groups in total. The number of amides is 1. The van der Waals surface area contributed by atoms with Crippen LogP contribution >= 0.6 is 0 Å². The number of nitrogens with one attached hydrogen (secondary N) is 1. The summed E-state index contributed by atoms with van der Waals surface area (Å²) in [5.41, 5.74) is 0.768. The maximum Gasteiger partial charge on any atom is 0.407 e. The van der Waals surface area contributed by atoms with E-state index in [0.29, 0.717) is 5.56 Å². The quantitative estimate of drug-likeness (QED) is 0.873. The lowest BCUT2D eigenvalue weighted by molar-refractivity contribution is 0.0488. The molecule has 0 bridgehead atoms.